The molecule has 0 bridgehead atoms. The minimum atomic E-state index is -0.197. The Kier molecular flexibility index (Phi) is 4.41. The molecular weight excluding hydrogens is 348 g/mol. The molecule has 3 heteroatoms. The lowest BCUT2D eigenvalue weighted by Gasteiger charge is -2.59. The summed E-state index contributed by atoms with van der Waals surface area (Å²) in [5.41, 5.74) is 3.39. The normalized spacial score (nSPS) is 43.8. The molecular formula is C25H36O3. The maximum atomic E-state index is 12.0. The fourth-order valence-electron chi connectivity index (χ4n) is 7.18. The fraction of sp³-hybridized carbons (Fsp3) is 0.720. The Labute approximate surface area is 170 Å². The van der Waals surface area contributed by atoms with Gasteiger partial charge in [0.15, 0.2) is 5.78 Å². The van der Waals surface area contributed by atoms with Gasteiger partial charge in [0.2, 0.25) is 0 Å². The second-order valence-corrected chi connectivity index (χ2v) is 10.8. The number of ether oxygens (including phenoxy) is 2. The van der Waals surface area contributed by atoms with Crippen molar-refractivity contribution in [1.82, 2.24) is 0 Å². The minimum absolute atomic E-state index is 0.144. The van der Waals surface area contributed by atoms with Gasteiger partial charge in [-0.1, -0.05) is 33.8 Å². The number of Topliss-reactive ketones (excluding diaryl/α,β-unsaturated/α-hetero) is 1. The number of allylic oxidation sites excluding steroid dienone is 2. The zero-order chi connectivity index (χ0) is 20.5. The van der Waals surface area contributed by atoms with Gasteiger partial charge >= 0.3 is 0 Å². The Balaban J connectivity index is 1.68. The van der Waals surface area contributed by atoms with Crippen molar-refractivity contribution in [3.05, 3.63) is 35.3 Å². The van der Waals surface area contributed by atoms with Gasteiger partial charge in [0.05, 0.1) is 12.7 Å². The van der Waals surface area contributed by atoms with Gasteiger partial charge in [-0.25, -0.2) is 0 Å². The van der Waals surface area contributed by atoms with E-state index in [0.717, 1.165) is 28.9 Å². The molecule has 28 heavy (non-hydrogen) atoms. The minimum Gasteiger partial charge on any atom is -0.493 e. The highest BCUT2D eigenvalue weighted by atomic mass is 16.5. The number of fused-ring (bicyclic) bond motifs is 3. The summed E-state index contributed by atoms with van der Waals surface area (Å²) >= 11 is 0. The average molecular weight is 385 g/mol. The van der Waals surface area contributed by atoms with E-state index in [1.807, 2.05) is 20.1 Å². The van der Waals surface area contributed by atoms with Crippen molar-refractivity contribution in [2.24, 2.45) is 22.7 Å². The first kappa shape index (κ1) is 19.8. The van der Waals surface area contributed by atoms with Crippen LogP contribution in [0.25, 0.3) is 0 Å². The molecule has 3 fully saturated rings. The van der Waals surface area contributed by atoms with E-state index in [-0.39, 0.29) is 22.9 Å². The Bertz CT molecular complexity index is 786. The SMILES string of the molecule is C=C1O[C@]2(C)CCC3C(C)(C)CCC[C@]3(C)[C@H]2/C1=C\OC1CC(=O)C(C)=C1C. The molecule has 154 valence electrons. The molecule has 3 aliphatic carbocycles. The molecule has 0 aromatic carbocycles. The lowest BCUT2D eigenvalue weighted by Crippen LogP contribution is -2.56. The summed E-state index contributed by atoms with van der Waals surface area (Å²) in [5.74, 6) is 1.95. The van der Waals surface area contributed by atoms with Gasteiger partial charge < -0.3 is 9.47 Å². The van der Waals surface area contributed by atoms with E-state index in [0.29, 0.717) is 23.7 Å². The van der Waals surface area contributed by atoms with Crippen molar-refractivity contribution < 1.29 is 14.3 Å². The second-order valence-electron chi connectivity index (χ2n) is 10.8. The van der Waals surface area contributed by atoms with Crippen molar-refractivity contribution in [2.75, 3.05) is 0 Å². The third-order valence-corrected chi connectivity index (χ3v) is 8.69. The first-order chi connectivity index (χ1) is 13.0. The fourth-order valence-corrected chi connectivity index (χ4v) is 7.18. The lowest BCUT2D eigenvalue weighted by atomic mass is 9.45. The van der Waals surface area contributed by atoms with Gasteiger partial charge in [-0.3, -0.25) is 4.79 Å². The summed E-state index contributed by atoms with van der Waals surface area (Å²) in [6.45, 7) is 17.8. The van der Waals surface area contributed by atoms with Crippen LogP contribution in [0.15, 0.2) is 35.3 Å². The van der Waals surface area contributed by atoms with E-state index in [1.54, 1.807) is 0 Å². The molecule has 4 aliphatic rings. The molecule has 0 aromatic rings. The van der Waals surface area contributed by atoms with Crippen molar-refractivity contribution in [3.63, 3.8) is 0 Å². The summed E-state index contributed by atoms with van der Waals surface area (Å²) in [5, 5.41) is 0. The second kappa shape index (κ2) is 6.24. The smallest absolute Gasteiger partial charge is 0.162 e. The van der Waals surface area contributed by atoms with Crippen LogP contribution in [0, 0.1) is 22.7 Å². The zero-order valence-corrected chi connectivity index (χ0v) is 18.5. The predicted molar refractivity (Wildman–Crippen MR) is 112 cm³/mol. The number of hydrogen-bond acceptors (Lipinski definition) is 3. The molecule has 5 atom stereocenters. The highest BCUT2D eigenvalue weighted by Crippen LogP contribution is 2.67. The molecule has 1 heterocycles. The van der Waals surface area contributed by atoms with Crippen LogP contribution in [0.3, 0.4) is 0 Å². The lowest BCUT2D eigenvalue weighted by molar-refractivity contribution is -0.136. The van der Waals surface area contributed by atoms with Gasteiger partial charge in [0.25, 0.3) is 0 Å². The van der Waals surface area contributed by atoms with Crippen molar-refractivity contribution in [3.8, 4) is 0 Å². The van der Waals surface area contributed by atoms with Crippen LogP contribution in [0.4, 0.5) is 0 Å². The maximum Gasteiger partial charge on any atom is 0.162 e. The molecule has 0 aromatic heterocycles. The molecule has 1 aliphatic heterocycles. The molecule has 3 nitrogen and oxygen atoms in total. The van der Waals surface area contributed by atoms with E-state index in [2.05, 4.69) is 34.3 Å². The summed E-state index contributed by atoms with van der Waals surface area (Å²) in [6.07, 6.45) is 8.29. The summed E-state index contributed by atoms with van der Waals surface area (Å²) in [7, 11) is 0. The third kappa shape index (κ3) is 2.72. The van der Waals surface area contributed by atoms with Crippen LogP contribution < -0.4 is 0 Å². The van der Waals surface area contributed by atoms with Gasteiger partial charge in [0.1, 0.15) is 17.5 Å². The molecule has 0 N–H and O–H groups in total. The third-order valence-electron chi connectivity index (χ3n) is 8.69. The van der Waals surface area contributed by atoms with Crippen LogP contribution in [-0.4, -0.2) is 17.5 Å². The Morgan fingerprint density at radius 2 is 1.86 bits per heavy atom. The van der Waals surface area contributed by atoms with E-state index in [4.69, 9.17) is 9.47 Å². The van der Waals surface area contributed by atoms with Crippen LogP contribution >= 0.6 is 0 Å². The Morgan fingerprint density at radius 1 is 1.14 bits per heavy atom. The van der Waals surface area contributed by atoms with Crippen molar-refractivity contribution in [1.29, 1.82) is 0 Å². The van der Waals surface area contributed by atoms with E-state index in [1.165, 1.54) is 25.7 Å². The van der Waals surface area contributed by atoms with Gasteiger partial charge in [-0.15, -0.1) is 0 Å². The summed E-state index contributed by atoms with van der Waals surface area (Å²) < 4.78 is 12.6. The number of carbonyl (C=O) groups is 1. The van der Waals surface area contributed by atoms with Crippen LogP contribution in [0.2, 0.25) is 0 Å². The average Bonchev–Trinajstić information content (AvgIpc) is 2.99. The van der Waals surface area contributed by atoms with Crippen molar-refractivity contribution >= 4 is 5.78 Å². The summed E-state index contributed by atoms with van der Waals surface area (Å²) in [6, 6.07) is 0. The molecule has 2 unspecified atom stereocenters. The molecule has 2 saturated carbocycles. The molecule has 1 saturated heterocycles. The Hall–Kier alpha value is -1.51. The van der Waals surface area contributed by atoms with E-state index < -0.39 is 0 Å². The van der Waals surface area contributed by atoms with Crippen LogP contribution in [0.1, 0.15) is 80.1 Å². The highest BCUT2D eigenvalue weighted by molar-refractivity contribution is 5.98. The molecule has 0 amide bonds. The number of rotatable bonds is 2. The van der Waals surface area contributed by atoms with Gasteiger partial charge in [-0.05, 0) is 74.3 Å². The zero-order valence-electron chi connectivity index (χ0n) is 18.5. The van der Waals surface area contributed by atoms with Crippen molar-refractivity contribution in [2.45, 2.75) is 91.8 Å². The number of carbonyl (C=O) groups excluding carboxylic acids is 1. The number of hydrogen-bond donors (Lipinski definition) is 0. The van der Waals surface area contributed by atoms with E-state index in [9.17, 15) is 4.79 Å². The molecule has 0 spiro atoms. The standard InChI is InChI=1S/C25H36O3/c1-15-16(2)20(13-19(15)26)27-14-18-17(3)28-25(7)12-9-21-23(4,5)10-8-11-24(21,6)22(18)25/h14,20-22H,3,8-13H2,1-2,4-7H3/b18-14-/t20?,21?,22-,24+,25-/m1/s1. The van der Waals surface area contributed by atoms with Gasteiger partial charge in [0, 0.05) is 11.5 Å². The summed E-state index contributed by atoms with van der Waals surface area (Å²) in [4.78, 5) is 12.0. The molecule has 4 rings (SSSR count). The number of ketones is 1. The first-order valence-corrected chi connectivity index (χ1v) is 10.9. The van der Waals surface area contributed by atoms with Crippen LogP contribution in [0.5, 0.6) is 0 Å². The monoisotopic (exact) mass is 384 g/mol. The molecule has 0 radical (unpaired) electrons. The largest absolute Gasteiger partial charge is 0.493 e. The highest BCUT2D eigenvalue weighted by Gasteiger charge is 2.63. The quantitative estimate of drug-likeness (QED) is 0.539. The maximum absolute atomic E-state index is 12.0. The predicted octanol–water partition coefficient (Wildman–Crippen LogP) is 6.11. The first-order valence-electron chi connectivity index (χ1n) is 10.9. The Morgan fingerprint density at radius 3 is 2.50 bits per heavy atom. The van der Waals surface area contributed by atoms with Crippen LogP contribution in [-0.2, 0) is 14.3 Å². The van der Waals surface area contributed by atoms with E-state index >= 15 is 0 Å². The van der Waals surface area contributed by atoms with Gasteiger partial charge in [-0.2, -0.15) is 0 Å². The topological polar surface area (TPSA) is 35.5 Å².